The minimum atomic E-state index is -0.791. The number of urea groups is 1. The molecule has 1 saturated carbocycles. The van der Waals surface area contributed by atoms with Gasteiger partial charge in [-0.25, -0.2) is 4.79 Å². The molecule has 1 saturated heterocycles. The Balaban J connectivity index is 2.29. The van der Waals surface area contributed by atoms with Crippen LogP contribution in [-0.2, 0) is 4.79 Å². The SMILES string of the molecule is C#CCN1C(=O)NC2(CCCCC2CN)C1=O. The first-order valence-electron chi connectivity index (χ1n) is 5.93. The largest absolute Gasteiger partial charge is 0.330 e. The Hall–Kier alpha value is -1.54. The van der Waals surface area contributed by atoms with E-state index < -0.39 is 5.54 Å². The lowest BCUT2D eigenvalue weighted by molar-refractivity contribution is -0.133. The molecule has 1 heterocycles. The van der Waals surface area contributed by atoms with Gasteiger partial charge in [0.05, 0.1) is 6.54 Å². The van der Waals surface area contributed by atoms with E-state index in [-0.39, 0.29) is 24.4 Å². The summed E-state index contributed by atoms with van der Waals surface area (Å²) in [5.41, 5.74) is 4.93. The summed E-state index contributed by atoms with van der Waals surface area (Å²) < 4.78 is 0. The molecule has 0 aromatic heterocycles. The van der Waals surface area contributed by atoms with Gasteiger partial charge >= 0.3 is 6.03 Å². The van der Waals surface area contributed by atoms with Gasteiger partial charge in [0.1, 0.15) is 5.54 Å². The van der Waals surface area contributed by atoms with E-state index in [1.165, 1.54) is 0 Å². The van der Waals surface area contributed by atoms with E-state index in [9.17, 15) is 9.59 Å². The van der Waals surface area contributed by atoms with Crippen LogP contribution < -0.4 is 11.1 Å². The maximum Gasteiger partial charge on any atom is 0.325 e. The van der Waals surface area contributed by atoms with Crippen LogP contribution in [0.2, 0.25) is 0 Å². The van der Waals surface area contributed by atoms with Crippen molar-refractivity contribution in [3.63, 3.8) is 0 Å². The van der Waals surface area contributed by atoms with Crippen molar-refractivity contribution < 1.29 is 9.59 Å². The zero-order valence-electron chi connectivity index (χ0n) is 9.74. The molecular weight excluding hydrogens is 218 g/mol. The molecule has 0 radical (unpaired) electrons. The Labute approximate surface area is 101 Å². The summed E-state index contributed by atoms with van der Waals surface area (Å²) in [7, 11) is 0. The lowest BCUT2D eigenvalue weighted by Crippen LogP contribution is -2.57. The first kappa shape index (κ1) is 11.9. The molecule has 0 bridgehead atoms. The summed E-state index contributed by atoms with van der Waals surface area (Å²) >= 11 is 0. The molecule has 5 nitrogen and oxygen atoms in total. The zero-order valence-corrected chi connectivity index (χ0v) is 9.74. The number of terminal acetylenes is 1. The standard InChI is InChI=1S/C12H17N3O2/c1-2-7-15-10(16)12(14-11(15)17)6-4-3-5-9(12)8-13/h1,9H,3-8,13H2,(H,14,17). The van der Waals surface area contributed by atoms with E-state index in [2.05, 4.69) is 11.2 Å². The maximum atomic E-state index is 12.3. The molecule has 17 heavy (non-hydrogen) atoms. The van der Waals surface area contributed by atoms with E-state index >= 15 is 0 Å². The fourth-order valence-corrected chi connectivity index (χ4v) is 2.89. The van der Waals surface area contributed by atoms with Crippen molar-refractivity contribution >= 4 is 11.9 Å². The number of amides is 3. The highest BCUT2D eigenvalue weighted by Crippen LogP contribution is 2.37. The molecule has 2 rings (SSSR count). The van der Waals surface area contributed by atoms with Gasteiger partial charge in [0, 0.05) is 5.92 Å². The van der Waals surface area contributed by atoms with Crippen LogP contribution >= 0.6 is 0 Å². The van der Waals surface area contributed by atoms with Crippen molar-refractivity contribution in [1.82, 2.24) is 10.2 Å². The normalized spacial score (nSPS) is 32.7. The molecule has 2 aliphatic rings. The first-order chi connectivity index (χ1) is 8.15. The highest BCUT2D eigenvalue weighted by Gasteiger charge is 2.55. The number of imide groups is 1. The van der Waals surface area contributed by atoms with Gasteiger partial charge in [-0.2, -0.15) is 0 Å². The first-order valence-corrected chi connectivity index (χ1v) is 5.93. The summed E-state index contributed by atoms with van der Waals surface area (Å²) in [6.07, 6.45) is 8.71. The van der Waals surface area contributed by atoms with Gasteiger partial charge in [0.2, 0.25) is 0 Å². The molecule has 2 fully saturated rings. The highest BCUT2D eigenvalue weighted by atomic mass is 16.2. The van der Waals surface area contributed by atoms with E-state index in [1.54, 1.807) is 0 Å². The van der Waals surface area contributed by atoms with Crippen molar-refractivity contribution in [1.29, 1.82) is 0 Å². The van der Waals surface area contributed by atoms with E-state index in [0.717, 1.165) is 24.2 Å². The summed E-state index contributed by atoms with van der Waals surface area (Å²) in [4.78, 5) is 25.2. The van der Waals surface area contributed by atoms with Crippen LogP contribution in [0.4, 0.5) is 4.79 Å². The Morgan fingerprint density at radius 3 is 2.94 bits per heavy atom. The minimum absolute atomic E-state index is 0.0236. The van der Waals surface area contributed by atoms with Crippen LogP contribution in [0.15, 0.2) is 0 Å². The number of carbonyl (C=O) groups excluding carboxylic acids is 2. The molecule has 1 spiro atoms. The Kier molecular flexibility index (Phi) is 3.07. The molecular formula is C12H17N3O2. The third kappa shape index (κ3) is 1.69. The Morgan fingerprint density at radius 1 is 1.53 bits per heavy atom. The molecule has 3 amide bonds. The quantitative estimate of drug-likeness (QED) is 0.525. The molecule has 92 valence electrons. The highest BCUT2D eigenvalue weighted by molar-refractivity contribution is 6.07. The van der Waals surface area contributed by atoms with Gasteiger partial charge in [0.15, 0.2) is 0 Å². The molecule has 3 N–H and O–H groups in total. The van der Waals surface area contributed by atoms with Gasteiger partial charge in [-0.3, -0.25) is 9.69 Å². The van der Waals surface area contributed by atoms with E-state index in [0.29, 0.717) is 13.0 Å². The average Bonchev–Trinajstić information content (AvgIpc) is 2.56. The molecule has 0 aromatic rings. The Morgan fingerprint density at radius 2 is 2.29 bits per heavy atom. The number of rotatable bonds is 2. The van der Waals surface area contributed by atoms with Crippen LogP contribution in [0.3, 0.4) is 0 Å². The van der Waals surface area contributed by atoms with Gasteiger partial charge in [-0.05, 0) is 19.4 Å². The second-order valence-corrected chi connectivity index (χ2v) is 4.68. The lowest BCUT2D eigenvalue weighted by atomic mass is 9.72. The third-order valence-electron chi connectivity index (χ3n) is 3.81. The van der Waals surface area contributed by atoms with E-state index in [1.807, 2.05) is 0 Å². The molecule has 0 aromatic carbocycles. The van der Waals surface area contributed by atoms with E-state index in [4.69, 9.17) is 12.2 Å². The van der Waals surface area contributed by atoms with Crippen molar-refractivity contribution in [2.24, 2.45) is 11.7 Å². The summed E-state index contributed by atoms with van der Waals surface area (Å²) in [6, 6.07) is -0.381. The van der Waals surface area contributed by atoms with Crippen LogP contribution in [0.1, 0.15) is 25.7 Å². The maximum absolute atomic E-state index is 12.3. The van der Waals surface area contributed by atoms with Crippen LogP contribution in [0, 0.1) is 18.3 Å². The zero-order chi connectivity index (χ0) is 12.5. The summed E-state index contributed by atoms with van der Waals surface area (Å²) in [6.45, 7) is 0.444. The molecule has 1 aliphatic carbocycles. The van der Waals surface area contributed by atoms with Gasteiger partial charge in [-0.15, -0.1) is 6.42 Å². The van der Waals surface area contributed by atoms with Crippen LogP contribution in [0.5, 0.6) is 0 Å². The smallest absolute Gasteiger partial charge is 0.325 e. The third-order valence-corrected chi connectivity index (χ3v) is 3.81. The number of hydrogen-bond acceptors (Lipinski definition) is 3. The second-order valence-electron chi connectivity index (χ2n) is 4.68. The topological polar surface area (TPSA) is 75.4 Å². The number of nitrogens with zero attached hydrogens (tertiary/aromatic N) is 1. The average molecular weight is 235 g/mol. The Bertz CT molecular complexity index is 388. The summed E-state index contributed by atoms with van der Waals surface area (Å²) in [5, 5.41) is 2.82. The van der Waals surface area contributed by atoms with Crippen molar-refractivity contribution in [3.05, 3.63) is 0 Å². The molecule has 5 heteroatoms. The summed E-state index contributed by atoms with van der Waals surface area (Å²) in [5.74, 6) is 2.16. The van der Waals surface area contributed by atoms with Crippen molar-refractivity contribution in [3.8, 4) is 12.3 Å². The predicted molar refractivity (Wildman–Crippen MR) is 62.8 cm³/mol. The predicted octanol–water partition coefficient (Wildman–Crippen LogP) is 0.0591. The van der Waals surface area contributed by atoms with Gasteiger partial charge < -0.3 is 11.1 Å². The lowest BCUT2D eigenvalue weighted by Gasteiger charge is -2.38. The number of carbonyl (C=O) groups is 2. The number of nitrogens with one attached hydrogen (secondary N) is 1. The van der Waals surface area contributed by atoms with Gasteiger partial charge in [0.25, 0.3) is 5.91 Å². The monoisotopic (exact) mass is 235 g/mol. The van der Waals surface area contributed by atoms with Crippen molar-refractivity contribution in [2.45, 2.75) is 31.2 Å². The van der Waals surface area contributed by atoms with Crippen LogP contribution in [-0.4, -0.2) is 35.5 Å². The molecule has 2 atom stereocenters. The van der Waals surface area contributed by atoms with Crippen LogP contribution in [0.25, 0.3) is 0 Å². The van der Waals surface area contributed by atoms with Crippen molar-refractivity contribution in [2.75, 3.05) is 13.1 Å². The molecule has 2 unspecified atom stereocenters. The number of nitrogens with two attached hydrogens (primary N) is 1. The molecule has 1 aliphatic heterocycles. The number of hydrogen-bond donors (Lipinski definition) is 2. The second kappa shape index (κ2) is 4.38. The fourth-order valence-electron chi connectivity index (χ4n) is 2.89. The van der Waals surface area contributed by atoms with Gasteiger partial charge in [-0.1, -0.05) is 18.8 Å². The fraction of sp³-hybridized carbons (Fsp3) is 0.667. The minimum Gasteiger partial charge on any atom is -0.330 e.